The fourth-order valence-corrected chi connectivity index (χ4v) is 4.87. The summed E-state index contributed by atoms with van der Waals surface area (Å²) in [6.07, 6.45) is 0. The van der Waals surface area contributed by atoms with Gasteiger partial charge in [-0.3, -0.25) is 0 Å². The molecule has 1 aromatic carbocycles. The summed E-state index contributed by atoms with van der Waals surface area (Å²) in [5, 5.41) is 2.79. The molecule has 0 N–H and O–H groups in total. The molecular formula is C15H15ClFNS2. The van der Waals surface area contributed by atoms with E-state index in [9.17, 15) is 4.39 Å². The average Bonchev–Trinajstić information content (AvgIpc) is 2.97. The Morgan fingerprint density at radius 1 is 1.35 bits per heavy atom. The van der Waals surface area contributed by atoms with Gasteiger partial charge in [0, 0.05) is 28.9 Å². The molecule has 20 heavy (non-hydrogen) atoms. The Balaban J connectivity index is 1.85. The van der Waals surface area contributed by atoms with Crippen LogP contribution in [0.1, 0.15) is 17.1 Å². The Morgan fingerprint density at radius 2 is 2.20 bits per heavy atom. The van der Waals surface area contributed by atoms with Gasteiger partial charge >= 0.3 is 0 Å². The van der Waals surface area contributed by atoms with E-state index in [0.29, 0.717) is 11.3 Å². The summed E-state index contributed by atoms with van der Waals surface area (Å²) >= 11 is 9.71. The summed E-state index contributed by atoms with van der Waals surface area (Å²) in [5.74, 6) is 0.710. The van der Waals surface area contributed by atoms with Crippen molar-refractivity contribution >= 4 is 40.4 Å². The Hall–Kier alpha value is -0.710. The fourth-order valence-electron chi connectivity index (χ4n) is 2.43. The van der Waals surface area contributed by atoms with E-state index in [1.807, 2.05) is 17.8 Å². The third-order valence-electron chi connectivity index (χ3n) is 3.53. The van der Waals surface area contributed by atoms with Crippen molar-refractivity contribution in [2.75, 3.05) is 17.2 Å². The highest BCUT2D eigenvalue weighted by molar-refractivity contribution is 7.99. The second-order valence-corrected chi connectivity index (χ2v) is 7.56. The van der Waals surface area contributed by atoms with E-state index < -0.39 is 0 Å². The van der Waals surface area contributed by atoms with Gasteiger partial charge in [-0.05, 0) is 36.6 Å². The molecule has 0 amide bonds. The van der Waals surface area contributed by atoms with E-state index in [1.165, 1.54) is 10.9 Å². The molecule has 0 aliphatic carbocycles. The summed E-state index contributed by atoms with van der Waals surface area (Å²) in [4.78, 5) is 3.73. The zero-order chi connectivity index (χ0) is 14.1. The van der Waals surface area contributed by atoms with Crippen LogP contribution in [-0.2, 0) is 0 Å². The molecule has 2 unspecified atom stereocenters. The van der Waals surface area contributed by atoms with E-state index in [1.54, 1.807) is 17.4 Å². The van der Waals surface area contributed by atoms with Crippen LogP contribution < -0.4 is 4.90 Å². The van der Waals surface area contributed by atoms with Gasteiger partial charge in [0.15, 0.2) is 0 Å². The number of thioether (sulfide) groups is 1. The van der Waals surface area contributed by atoms with Crippen molar-refractivity contribution < 1.29 is 4.39 Å². The van der Waals surface area contributed by atoms with Crippen LogP contribution in [0, 0.1) is 5.82 Å². The molecule has 2 atom stereocenters. The normalized spacial score (nSPS) is 23.1. The van der Waals surface area contributed by atoms with Crippen molar-refractivity contribution in [3.8, 4) is 0 Å². The Kier molecular flexibility index (Phi) is 4.24. The first kappa shape index (κ1) is 14.2. The first-order valence-electron chi connectivity index (χ1n) is 6.52. The lowest BCUT2D eigenvalue weighted by atomic mass is 10.2. The van der Waals surface area contributed by atoms with Crippen LogP contribution in [0.2, 0.25) is 5.02 Å². The molecule has 2 aromatic rings. The Morgan fingerprint density at radius 3 is 2.90 bits per heavy atom. The minimum absolute atomic E-state index is 0.195. The third-order valence-corrected chi connectivity index (χ3v) is 6.43. The second kappa shape index (κ2) is 5.96. The highest BCUT2D eigenvalue weighted by Gasteiger charge is 2.28. The van der Waals surface area contributed by atoms with Gasteiger partial charge in [-0.2, -0.15) is 0 Å². The maximum atomic E-state index is 13.3. The highest BCUT2D eigenvalue weighted by atomic mass is 35.5. The first-order chi connectivity index (χ1) is 9.65. The maximum absolute atomic E-state index is 13.3. The molecule has 0 bridgehead atoms. The van der Waals surface area contributed by atoms with Crippen LogP contribution in [0.5, 0.6) is 0 Å². The molecule has 0 saturated carbocycles. The number of thiophene rings is 1. The quantitative estimate of drug-likeness (QED) is 0.743. The lowest BCUT2D eigenvalue weighted by Gasteiger charge is -2.39. The summed E-state index contributed by atoms with van der Waals surface area (Å²) in [6.45, 7) is 3.14. The topological polar surface area (TPSA) is 3.24 Å². The number of rotatable bonds is 2. The monoisotopic (exact) mass is 327 g/mol. The van der Waals surface area contributed by atoms with E-state index in [-0.39, 0.29) is 10.8 Å². The van der Waals surface area contributed by atoms with Crippen LogP contribution in [0.15, 0.2) is 35.7 Å². The second-order valence-electron chi connectivity index (χ2n) is 4.94. The SMILES string of the molecule is CC1CSC(c2cccs2)CN1c1ccc(F)c(Cl)c1. The molecule has 1 aromatic heterocycles. The molecule has 1 nitrogen and oxygen atoms in total. The predicted octanol–water partition coefficient (Wildman–Crippen LogP) is 5.22. The molecule has 3 rings (SSSR count). The van der Waals surface area contributed by atoms with Crippen molar-refractivity contribution in [1.82, 2.24) is 0 Å². The molecular weight excluding hydrogens is 313 g/mol. The van der Waals surface area contributed by atoms with Crippen LogP contribution in [-0.4, -0.2) is 18.3 Å². The summed E-state index contributed by atoms with van der Waals surface area (Å²) in [7, 11) is 0. The summed E-state index contributed by atoms with van der Waals surface area (Å²) in [5.41, 5.74) is 1.01. The van der Waals surface area contributed by atoms with Crippen LogP contribution in [0.3, 0.4) is 0 Å². The van der Waals surface area contributed by atoms with E-state index in [4.69, 9.17) is 11.6 Å². The van der Waals surface area contributed by atoms with Gasteiger partial charge in [-0.25, -0.2) is 4.39 Å². The lowest BCUT2D eigenvalue weighted by molar-refractivity contribution is 0.625. The molecule has 1 fully saturated rings. The van der Waals surface area contributed by atoms with Gasteiger partial charge < -0.3 is 4.90 Å². The number of anilines is 1. The number of nitrogens with zero attached hydrogens (tertiary/aromatic N) is 1. The Bertz CT molecular complexity index is 588. The van der Waals surface area contributed by atoms with Crippen molar-refractivity contribution in [2.24, 2.45) is 0 Å². The van der Waals surface area contributed by atoms with E-state index in [2.05, 4.69) is 29.3 Å². The van der Waals surface area contributed by atoms with Gasteiger partial charge in [-0.1, -0.05) is 17.7 Å². The smallest absolute Gasteiger partial charge is 0.141 e. The van der Waals surface area contributed by atoms with Crippen LogP contribution in [0.25, 0.3) is 0 Å². The van der Waals surface area contributed by atoms with Crippen molar-refractivity contribution in [3.05, 3.63) is 51.4 Å². The molecule has 1 saturated heterocycles. The standard InChI is InChI=1S/C15H15ClFNS2/c1-10-9-20-15(14-3-2-6-19-14)8-18(10)11-4-5-13(17)12(16)7-11/h2-7,10,15H,8-9H2,1H3. The fraction of sp³-hybridized carbons (Fsp3) is 0.333. The predicted molar refractivity (Wildman–Crippen MR) is 87.7 cm³/mol. The number of hydrogen-bond donors (Lipinski definition) is 0. The minimum Gasteiger partial charge on any atom is -0.366 e. The Labute approximate surface area is 131 Å². The summed E-state index contributed by atoms with van der Waals surface area (Å²) < 4.78 is 13.3. The van der Waals surface area contributed by atoms with Crippen LogP contribution >= 0.6 is 34.7 Å². The maximum Gasteiger partial charge on any atom is 0.141 e. The highest BCUT2D eigenvalue weighted by Crippen LogP contribution is 2.39. The van der Waals surface area contributed by atoms with E-state index >= 15 is 0 Å². The van der Waals surface area contributed by atoms with Gasteiger partial charge in [0.05, 0.1) is 10.3 Å². The molecule has 0 radical (unpaired) electrons. The largest absolute Gasteiger partial charge is 0.366 e. The van der Waals surface area contributed by atoms with Crippen molar-refractivity contribution in [3.63, 3.8) is 0 Å². The van der Waals surface area contributed by atoms with Gasteiger partial charge in [-0.15, -0.1) is 23.1 Å². The number of benzene rings is 1. The minimum atomic E-state index is -0.357. The van der Waals surface area contributed by atoms with Gasteiger partial charge in [0.25, 0.3) is 0 Å². The molecule has 1 aliphatic rings. The third kappa shape index (κ3) is 2.83. The average molecular weight is 328 g/mol. The number of hydrogen-bond acceptors (Lipinski definition) is 3. The van der Waals surface area contributed by atoms with E-state index in [0.717, 1.165) is 18.0 Å². The molecule has 1 aliphatic heterocycles. The molecule has 5 heteroatoms. The van der Waals surface area contributed by atoms with Gasteiger partial charge in [0.2, 0.25) is 0 Å². The lowest BCUT2D eigenvalue weighted by Crippen LogP contribution is -2.41. The molecule has 2 heterocycles. The molecule has 0 spiro atoms. The van der Waals surface area contributed by atoms with Crippen LogP contribution in [0.4, 0.5) is 10.1 Å². The first-order valence-corrected chi connectivity index (χ1v) is 8.82. The zero-order valence-corrected chi connectivity index (χ0v) is 13.4. The van der Waals surface area contributed by atoms with Crippen molar-refractivity contribution in [2.45, 2.75) is 18.2 Å². The van der Waals surface area contributed by atoms with Crippen molar-refractivity contribution in [1.29, 1.82) is 0 Å². The zero-order valence-electron chi connectivity index (χ0n) is 11.1. The summed E-state index contributed by atoms with van der Waals surface area (Å²) in [6, 6.07) is 9.71. The molecule has 106 valence electrons. The van der Waals surface area contributed by atoms with Gasteiger partial charge in [0.1, 0.15) is 5.82 Å². The number of halogens is 2.